The molecule has 1 aliphatic heterocycles. The van der Waals surface area contributed by atoms with E-state index in [0.717, 1.165) is 37.9 Å². The first-order valence-electron chi connectivity index (χ1n) is 7.82. The molecule has 0 radical (unpaired) electrons. The molecule has 1 saturated heterocycles. The number of hydrogen-bond donors (Lipinski definition) is 0. The lowest BCUT2D eigenvalue weighted by Crippen LogP contribution is -2.44. The van der Waals surface area contributed by atoms with Crippen LogP contribution in [-0.4, -0.2) is 38.6 Å². The van der Waals surface area contributed by atoms with Crippen molar-refractivity contribution in [3.63, 3.8) is 0 Å². The lowest BCUT2D eigenvalue weighted by Gasteiger charge is -2.36. The molecule has 0 N–H and O–H groups in total. The molecule has 1 fully saturated rings. The van der Waals surface area contributed by atoms with E-state index in [9.17, 15) is 4.79 Å². The highest BCUT2D eigenvalue weighted by molar-refractivity contribution is 5.94. The second-order valence-electron chi connectivity index (χ2n) is 5.64. The summed E-state index contributed by atoms with van der Waals surface area (Å²) in [7, 11) is 0. The highest BCUT2D eigenvalue weighted by Gasteiger charge is 2.27. The van der Waals surface area contributed by atoms with E-state index >= 15 is 0 Å². The van der Waals surface area contributed by atoms with Crippen LogP contribution in [-0.2, 0) is 6.42 Å². The van der Waals surface area contributed by atoms with E-state index in [1.54, 1.807) is 18.5 Å². The van der Waals surface area contributed by atoms with Gasteiger partial charge in [-0.3, -0.25) is 9.78 Å². The lowest BCUT2D eigenvalue weighted by atomic mass is 9.96. The van der Waals surface area contributed by atoms with Crippen molar-refractivity contribution in [3.05, 3.63) is 54.1 Å². The van der Waals surface area contributed by atoms with Crippen molar-refractivity contribution < 1.29 is 4.79 Å². The second kappa shape index (κ2) is 7.11. The van der Waals surface area contributed by atoms with Gasteiger partial charge in [0.2, 0.25) is 0 Å². The van der Waals surface area contributed by atoms with Crippen LogP contribution in [0.4, 0.5) is 0 Å². The smallest absolute Gasteiger partial charge is 0.255 e. The largest absolute Gasteiger partial charge is 0.336 e. The SMILES string of the molecule is O=C(c1ccnnc1)N1CCCCC1CCc1ccccn1. The predicted molar refractivity (Wildman–Crippen MR) is 83.3 cm³/mol. The Kier molecular flexibility index (Phi) is 4.73. The minimum Gasteiger partial charge on any atom is -0.336 e. The Labute approximate surface area is 130 Å². The van der Waals surface area contributed by atoms with Gasteiger partial charge in [0.15, 0.2) is 0 Å². The molecule has 1 aliphatic rings. The topological polar surface area (TPSA) is 59.0 Å². The normalized spacial score (nSPS) is 18.2. The summed E-state index contributed by atoms with van der Waals surface area (Å²) < 4.78 is 0. The first kappa shape index (κ1) is 14.6. The molecule has 1 unspecified atom stereocenters. The van der Waals surface area contributed by atoms with Crippen molar-refractivity contribution in [2.45, 2.75) is 38.1 Å². The zero-order valence-corrected chi connectivity index (χ0v) is 12.6. The minimum atomic E-state index is 0.0700. The number of rotatable bonds is 4. The second-order valence-corrected chi connectivity index (χ2v) is 5.64. The van der Waals surface area contributed by atoms with Gasteiger partial charge in [0.05, 0.1) is 18.0 Å². The summed E-state index contributed by atoms with van der Waals surface area (Å²) >= 11 is 0. The van der Waals surface area contributed by atoms with Crippen molar-refractivity contribution >= 4 is 5.91 Å². The van der Waals surface area contributed by atoms with Crippen molar-refractivity contribution in [1.82, 2.24) is 20.1 Å². The molecule has 5 heteroatoms. The number of piperidine rings is 1. The third-order valence-corrected chi connectivity index (χ3v) is 4.18. The Hall–Kier alpha value is -2.30. The van der Waals surface area contributed by atoms with Crippen LogP contribution < -0.4 is 0 Å². The van der Waals surface area contributed by atoms with Crippen LogP contribution in [0.3, 0.4) is 0 Å². The molecule has 0 aromatic carbocycles. The lowest BCUT2D eigenvalue weighted by molar-refractivity contribution is 0.0601. The molecule has 0 saturated carbocycles. The van der Waals surface area contributed by atoms with Gasteiger partial charge in [-0.2, -0.15) is 10.2 Å². The van der Waals surface area contributed by atoms with Crippen molar-refractivity contribution in [1.29, 1.82) is 0 Å². The van der Waals surface area contributed by atoms with E-state index < -0.39 is 0 Å². The number of amides is 1. The fourth-order valence-electron chi connectivity index (χ4n) is 3.01. The zero-order valence-electron chi connectivity index (χ0n) is 12.6. The predicted octanol–water partition coefficient (Wildman–Crippen LogP) is 2.50. The van der Waals surface area contributed by atoms with Gasteiger partial charge in [-0.1, -0.05) is 6.07 Å². The number of hydrogen-bond acceptors (Lipinski definition) is 4. The molecule has 0 spiro atoms. The monoisotopic (exact) mass is 296 g/mol. The molecule has 3 heterocycles. The Morgan fingerprint density at radius 2 is 2.14 bits per heavy atom. The maximum atomic E-state index is 12.7. The van der Waals surface area contributed by atoms with Crippen molar-refractivity contribution in [2.24, 2.45) is 0 Å². The van der Waals surface area contributed by atoms with Crippen LogP contribution >= 0.6 is 0 Å². The van der Waals surface area contributed by atoms with Crippen LogP contribution in [0.15, 0.2) is 42.9 Å². The van der Waals surface area contributed by atoms with E-state index in [-0.39, 0.29) is 11.9 Å². The summed E-state index contributed by atoms with van der Waals surface area (Å²) in [5.41, 5.74) is 1.71. The molecule has 0 bridgehead atoms. The number of aromatic nitrogens is 3. The summed E-state index contributed by atoms with van der Waals surface area (Å²) in [5, 5.41) is 7.55. The summed E-state index contributed by atoms with van der Waals surface area (Å²) in [4.78, 5) is 19.0. The Balaban J connectivity index is 1.67. The fraction of sp³-hybridized carbons (Fsp3) is 0.412. The van der Waals surface area contributed by atoms with Gasteiger partial charge in [0.25, 0.3) is 5.91 Å². The summed E-state index contributed by atoms with van der Waals surface area (Å²) in [5.74, 6) is 0.0700. The summed E-state index contributed by atoms with van der Waals surface area (Å²) in [6.45, 7) is 0.827. The van der Waals surface area contributed by atoms with Crippen LogP contribution in [0.5, 0.6) is 0 Å². The molecular formula is C17H20N4O. The molecule has 1 amide bonds. The van der Waals surface area contributed by atoms with E-state index in [1.807, 2.05) is 29.3 Å². The Morgan fingerprint density at radius 3 is 2.91 bits per heavy atom. The molecule has 1 atom stereocenters. The average Bonchev–Trinajstić information content (AvgIpc) is 2.61. The minimum absolute atomic E-state index is 0.0700. The first-order chi connectivity index (χ1) is 10.8. The van der Waals surface area contributed by atoms with Crippen LogP contribution in [0.25, 0.3) is 0 Å². The van der Waals surface area contributed by atoms with Gasteiger partial charge in [-0.25, -0.2) is 0 Å². The van der Waals surface area contributed by atoms with E-state index in [2.05, 4.69) is 15.2 Å². The quantitative estimate of drug-likeness (QED) is 0.870. The zero-order chi connectivity index (χ0) is 15.2. The van der Waals surface area contributed by atoms with E-state index in [0.29, 0.717) is 5.56 Å². The molecule has 5 nitrogen and oxygen atoms in total. The number of nitrogens with zero attached hydrogens (tertiary/aromatic N) is 4. The molecule has 114 valence electrons. The van der Waals surface area contributed by atoms with Gasteiger partial charge in [-0.05, 0) is 50.3 Å². The third-order valence-electron chi connectivity index (χ3n) is 4.18. The van der Waals surface area contributed by atoms with Gasteiger partial charge in [-0.15, -0.1) is 0 Å². The molecule has 3 rings (SSSR count). The van der Waals surface area contributed by atoms with Gasteiger partial charge in [0, 0.05) is 24.5 Å². The summed E-state index contributed by atoms with van der Waals surface area (Å²) in [6, 6.07) is 8.00. The van der Waals surface area contributed by atoms with E-state index in [4.69, 9.17) is 0 Å². The Bertz CT molecular complexity index is 603. The van der Waals surface area contributed by atoms with Crippen LogP contribution in [0, 0.1) is 0 Å². The highest BCUT2D eigenvalue weighted by atomic mass is 16.2. The van der Waals surface area contributed by atoms with Crippen LogP contribution in [0.2, 0.25) is 0 Å². The van der Waals surface area contributed by atoms with Crippen molar-refractivity contribution in [3.8, 4) is 0 Å². The Morgan fingerprint density at radius 1 is 1.18 bits per heavy atom. The maximum Gasteiger partial charge on any atom is 0.255 e. The maximum absolute atomic E-state index is 12.7. The number of carbonyl (C=O) groups excluding carboxylic acids is 1. The number of carbonyl (C=O) groups is 1. The molecular weight excluding hydrogens is 276 g/mol. The molecule has 22 heavy (non-hydrogen) atoms. The number of likely N-dealkylation sites (tertiary alicyclic amines) is 1. The fourth-order valence-corrected chi connectivity index (χ4v) is 3.01. The molecule has 2 aromatic heterocycles. The molecule has 2 aromatic rings. The van der Waals surface area contributed by atoms with Crippen molar-refractivity contribution in [2.75, 3.05) is 6.54 Å². The van der Waals surface area contributed by atoms with Gasteiger partial charge < -0.3 is 4.90 Å². The van der Waals surface area contributed by atoms with E-state index in [1.165, 1.54) is 6.42 Å². The standard InChI is InChI=1S/C17H20N4O/c22-17(14-9-11-19-20-13-14)21-12-4-2-6-16(21)8-7-15-5-1-3-10-18-15/h1,3,5,9-11,13,16H,2,4,6-8,12H2. The molecule has 0 aliphatic carbocycles. The van der Waals surface area contributed by atoms with Crippen LogP contribution in [0.1, 0.15) is 41.7 Å². The average molecular weight is 296 g/mol. The number of aryl methyl sites for hydroxylation is 1. The van der Waals surface area contributed by atoms with Gasteiger partial charge >= 0.3 is 0 Å². The summed E-state index contributed by atoms with van der Waals surface area (Å²) in [6.07, 6.45) is 10.1. The van der Waals surface area contributed by atoms with Gasteiger partial charge in [0.1, 0.15) is 0 Å². The highest BCUT2D eigenvalue weighted by Crippen LogP contribution is 2.23. The third kappa shape index (κ3) is 3.47. The number of pyridine rings is 1. The first-order valence-corrected chi connectivity index (χ1v) is 7.82.